The summed E-state index contributed by atoms with van der Waals surface area (Å²) >= 11 is 0. The number of nitrogens with one attached hydrogen (secondary N) is 2. The highest BCUT2D eigenvalue weighted by Gasteiger charge is 2.37. The number of carbonyl (C=O) groups excluding carboxylic acids is 2. The smallest absolute Gasteiger partial charge is 0.323 e. The SMILES string of the molecule is CC(C)(NC1CC(=O)NC1=O)C(=O)O. The predicted molar refractivity (Wildman–Crippen MR) is 46.4 cm³/mol. The van der Waals surface area contributed by atoms with E-state index in [0.29, 0.717) is 0 Å². The number of carboxylic acid groups (broad SMARTS) is 1. The van der Waals surface area contributed by atoms with Crippen LogP contribution in [0.15, 0.2) is 0 Å². The minimum atomic E-state index is -1.22. The number of carbonyl (C=O) groups is 3. The van der Waals surface area contributed by atoms with Crippen LogP contribution in [0.1, 0.15) is 20.3 Å². The van der Waals surface area contributed by atoms with Crippen molar-refractivity contribution in [3.8, 4) is 0 Å². The summed E-state index contributed by atoms with van der Waals surface area (Å²) in [4.78, 5) is 32.6. The zero-order valence-corrected chi connectivity index (χ0v) is 7.96. The van der Waals surface area contributed by atoms with E-state index in [1.807, 2.05) is 0 Å². The molecule has 3 N–H and O–H groups in total. The summed E-state index contributed by atoms with van der Waals surface area (Å²) in [6, 6.07) is -0.742. The molecule has 1 heterocycles. The fourth-order valence-electron chi connectivity index (χ4n) is 1.17. The fraction of sp³-hybridized carbons (Fsp3) is 0.625. The highest BCUT2D eigenvalue weighted by atomic mass is 16.4. The van der Waals surface area contributed by atoms with Gasteiger partial charge in [0.1, 0.15) is 5.54 Å². The molecular weight excluding hydrogens is 188 g/mol. The van der Waals surface area contributed by atoms with E-state index in [0.717, 1.165) is 0 Å². The van der Waals surface area contributed by atoms with Crippen LogP contribution in [-0.2, 0) is 14.4 Å². The van der Waals surface area contributed by atoms with Crippen LogP contribution in [0.5, 0.6) is 0 Å². The summed E-state index contributed by atoms with van der Waals surface area (Å²) < 4.78 is 0. The number of hydrogen-bond donors (Lipinski definition) is 3. The highest BCUT2D eigenvalue weighted by Crippen LogP contribution is 2.09. The molecule has 0 saturated carbocycles. The molecule has 1 saturated heterocycles. The molecule has 1 aliphatic rings. The maximum absolute atomic E-state index is 11.1. The Balaban J connectivity index is 2.65. The molecule has 6 nitrogen and oxygen atoms in total. The van der Waals surface area contributed by atoms with Crippen molar-refractivity contribution in [1.82, 2.24) is 10.6 Å². The van der Waals surface area contributed by atoms with Gasteiger partial charge in [0.25, 0.3) is 0 Å². The van der Waals surface area contributed by atoms with E-state index < -0.39 is 23.5 Å². The van der Waals surface area contributed by atoms with Gasteiger partial charge in [-0.05, 0) is 13.8 Å². The Hall–Kier alpha value is -1.43. The van der Waals surface area contributed by atoms with Gasteiger partial charge in [-0.3, -0.25) is 25.0 Å². The minimum Gasteiger partial charge on any atom is -0.480 e. The number of rotatable bonds is 3. The van der Waals surface area contributed by atoms with Crippen molar-refractivity contribution in [1.29, 1.82) is 0 Å². The average molecular weight is 200 g/mol. The Morgan fingerprint density at radius 2 is 2.14 bits per heavy atom. The maximum Gasteiger partial charge on any atom is 0.323 e. The average Bonchev–Trinajstić information content (AvgIpc) is 2.29. The van der Waals surface area contributed by atoms with Crippen LogP contribution in [0, 0.1) is 0 Å². The molecule has 0 spiro atoms. The summed E-state index contributed by atoms with van der Waals surface area (Å²) in [5.41, 5.74) is -1.22. The van der Waals surface area contributed by atoms with Gasteiger partial charge in [0.05, 0.1) is 12.5 Å². The third-order valence-electron chi connectivity index (χ3n) is 2.04. The topological polar surface area (TPSA) is 95.5 Å². The number of hydrogen-bond acceptors (Lipinski definition) is 4. The second-order valence-electron chi connectivity index (χ2n) is 3.74. The highest BCUT2D eigenvalue weighted by molar-refractivity contribution is 6.05. The van der Waals surface area contributed by atoms with Gasteiger partial charge in [-0.15, -0.1) is 0 Å². The zero-order chi connectivity index (χ0) is 10.9. The molecule has 1 atom stereocenters. The molecule has 0 aromatic heterocycles. The van der Waals surface area contributed by atoms with Crippen molar-refractivity contribution in [2.45, 2.75) is 31.8 Å². The lowest BCUT2D eigenvalue weighted by Crippen LogP contribution is -2.53. The van der Waals surface area contributed by atoms with Crippen LogP contribution in [0.3, 0.4) is 0 Å². The van der Waals surface area contributed by atoms with Crippen molar-refractivity contribution in [2.24, 2.45) is 0 Å². The van der Waals surface area contributed by atoms with Crippen molar-refractivity contribution in [2.75, 3.05) is 0 Å². The van der Waals surface area contributed by atoms with Crippen LogP contribution in [0.2, 0.25) is 0 Å². The van der Waals surface area contributed by atoms with E-state index in [9.17, 15) is 14.4 Å². The normalized spacial score (nSPS) is 22.3. The lowest BCUT2D eigenvalue weighted by Gasteiger charge is -2.23. The first-order valence-electron chi connectivity index (χ1n) is 4.18. The van der Waals surface area contributed by atoms with Crippen molar-refractivity contribution in [3.63, 3.8) is 0 Å². The Morgan fingerprint density at radius 3 is 2.50 bits per heavy atom. The molecule has 78 valence electrons. The van der Waals surface area contributed by atoms with E-state index in [1.54, 1.807) is 0 Å². The van der Waals surface area contributed by atoms with E-state index in [-0.39, 0.29) is 12.3 Å². The first-order valence-corrected chi connectivity index (χ1v) is 4.18. The van der Waals surface area contributed by atoms with Crippen molar-refractivity contribution < 1.29 is 19.5 Å². The molecule has 0 aromatic carbocycles. The Labute approximate surface area is 80.7 Å². The van der Waals surface area contributed by atoms with Gasteiger partial charge in [-0.25, -0.2) is 0 Å². The molecule has 2 amide bonds. The van der Waals surface area contributed by atoms with Gasteiger partial charge in [-0.2, -0.15) is 0 Å². The fourth-order valence-corrected chi connectivity index (χ4v) is 1.17. The molecule has 1 fully saturated rings. The molecule has 1 aliphatic heterocycles. The van der Waals surface area contributed by atoms with Gasteiger partial charge in [0, 0.05) is 0 Å². The summed E-state index contributed by atoms with van der Waals surface area (Å²) in [7, 11) is 0. The van der Waals surface area contributed by atoms with Gasteiger partial charge < -0.3 is 5.11 Å². The van der Waals surface area contributed by atoms with Crippen molar-refractivity contribution in [3.05, 3.63) is 0 Å². The van der Waals surface area contributed by atoms with Crippen LogP contribution in [-0.4, -0.2) is 34.5 Å². The Kier molecular flexibility index (Phi) is 2.57. The standard InChI is InChI=1S/C8H12N2O4/c1-8(2,7(13)14)10-4-3-5(11)9-6(4)12/h4,10H,3H2,1-2H3,(H,13,14)(H,9,11,12). The second-order valence-corrected chi connectivity index (χ2v) is 3.74. The molecule has 0 bridgehead atoms. The van der Waals surface area contributed by atoms with Crippen LogP contribution in [0.4, 0.5) is 0 Å². The van der Waals surface area contributed by atoms with Crippen LogP contribution < -0.4 is 10.6 Å². The second kappa shape index (κ2) is 3.38. The third-order valence-corrected chi connectivity index (χ3v) is 2.04. The lowest BCUT2D eigenvalue weighted by molar-refractivity contribution is -0.144. The van der Waals surface area contributed by atoms with E-state index >= 15 is 0 Å². The largest absolute Gasteiger partial charge is 0.480 e. The van der Waals surface area contributed by atoms with E-state index in [2.05, 4.69) is 10.6 Å². The predicted octanol–water partition coefficient (Wildman–Crippen LogP) is -1.15. The number of imide groups is 1. The number of carboxylic acids is 1. The molecule has 0 aliphatic carbocycles. The molecule has 0 aromatic rings. The third kappa shape index (κ3) is 2.08. The first-order chi connectivity index (χ1) is 6.33. The zero-order valence-electron chi connectivity index (χ0n) is 7.96. The quantitative estimate of drug-likeness (QED) is 0.500. The van der Waals surface area contributed by atoms with Gasteiger partial charge in [0.15, 0.2) is 0 Å². The Morgan fingerprint density at radius 1 is 1.57 bits per heavy atom. The molecule has 14 heavy (non-hydrogen) atoms. The molecule has 1 unspecified atom stereocenters. The molecule has 6 heteroatoms. The minimum absolute atomic E-state index is 0.00442. The number of amides is 2. The van der Waals surface area contributed by atoms with Crippen LogP contribution >= 0.6 is 0 Å². The summed E-state index contributed by atoms with van der Waals surface area (Å²) in [5, 5.41) is 13.5. The summed E-state index contributed by atoms with van der Waals surface area (Å²) in [6.45, 7) is 2.87. The van der Waals surface area contributed by atoms with E-state index in [4.69, 9.17) is 5.11 Å². The lowest BCUT2D eigenvalue weighted by atomic mass is 10.0. The molecule has 0 radical (unpaired) electrons. The van der Waals surface area contributed by atoms with Gasteiger partial charge >= 0.3 is 5.97 Å². The monoisotopic (exact) mass is 200 g/mol. The van der Waals surface area contributed by atoms with Crippen LogP contribution in [0.25, 0.3) is 0 Å². The first kappa shape index (κ1) is 10.6. The van der Waals surface area contributed by atoms with Crippen molar-refractivity contribution >= 4 is 17.8 Å². The molecule has 1 rings (SSSR count). The van der Waals surface area contributed by atoms with Gasteiger partial charge in [0.2, 0.25) is 11.8 Å². The number of aliphatic carboxylic acids is 1. The van der Waals surface area contributed by atoms with E-state index in [1.165, 1.54) is 13.8 Å². The summed E-state index contributed by atoms with van der Waals surface area (Å²) in [5.74, 6) is -1.91. The maximum atomic E-state index is 11.1. The van der Waals surface area contributed by atoms with Gasteiger partial charge in [-0.1, -0.05) is 0 Å². The summed E-state index contributed by atoms with van der Waals surface area (Å²) in [6.07, 6.45) is -0.00442. The molecular formula is C8H12N2O4. The Bertz CT molecular complexity index is 298.